The molecule has 1 saturated heterocycles. The Morgan fingerprint density at radius 3 is 2.45 bits per heavy atom. The van der Waals surface area contributed by atoms with Crippen molar-refractivity contribution in [2.75, 3.05) is 6.61 Å². The zero-order chi connectivity index (χ0) is 20.9. The van der Waals surface area contributed by atoms with Crippen molar-refractivity contribution in [3.63, 3.8) is 0 Å². The number of fused-ring (bicyclic) bond motifs is 2. The summed E-state index contributed by atoms with van der Waals surface area (Å²) in [4.78, 5) is 0. The van der Waals surface area contributed by atoms with Crippen molar-refractivity contribution in [2.45, 2.75) is 63.0 Å². The highest BCUT2D eigenvalue weighted by molar-refractivity contribution is 5.97. The standard InChI is InChI=1S/C21H26O8/c1-21(2)8-7-12-18(11-6-4-3-5-10(11)14(23)19(12)29-21)28-20-17(26)16(25)15(24)13(9-22)27-20/h3-6,13,15-17,20,22-26H,7-9H2,1-2H3. The third-order valence-electron chi connectivity index (χ3n) is 5.63. The smallest absolute Gasteiger partial charge is 0.229 e. The van der Waals surface area contributed by atoms with Crippen LogP contribution in [0.2, 0.25) is 0 Å². The van der Waals surface area contributed by atoms with Crippen LogP contribution in [-0.4, -0.2) is 68.4 Å². The summed E-state index contributed by atoms with van der Waals surface area (Å²) >= 11 is 0. The van der Waals surface area contributed by atoms with Crippen molar-refractivity contribution in [1.82, 2.24) is 0 Å². The summed E-state index contributed by atoms with van der Waals surface area (Å²) in [6.45, 7) is 3.32. The van der Waals surface area contributed by atoms with Crippen molar-refractivity contribution in [3.05, 3.63) is 29.8 Å². The number of hydrogen-bond acceptors (Lipinski definition) is 8. The zero-order valence-electron chi connectivity index (χ0n) is 16.3. The second kappa shape index (κ2) is 7.30. The van der Waals surface area contributed by atoms with Crippen molar-refractivity contribution < 1.29 is 39.7 Å². The van der Waals surface area contributed by atoms with Crippen molar-refractivity contribution in [1.29, 1.82) is 0 Å². The third-order valence-corrected chi connectivity index (χ3v) is 5.63. The molecule has 2 aromatic rings. The molecule has 158 valence electrons. The lowest BCUT2D eigenvalue weighted by Gasteiger charge is -2.40. The van der Waals surface area contributed by atoms with Gasteiger partial charge in [0.1, 0.15) is 35.8 Å². The fraction of sp³-hybridized carbons (Fsp3) is 0.524. The summed E-state index contributed by atoms with van der Waals surface area (Å²) in [7, 11) is 0. The maximum Gasteiger partial charge on any atom is 0.229 e. The first-order chi connectivity index (χ1) is 13.7. The second-order valence-corrected chi connectivity index (χ2v) is 8.21. The van der Waals surface area contributed by atoms with E-state index in [1.807, 2.05) is 13.8 Å². The lowest BCUT2D eigenvalue weighted by Crippen LogP contribution is -2.60. The molecule has 0 amide bonds. The molecule has 5 atom stereocenters. The lowest BCUT2D eigenvalue weighted by molar-refractivity contribution is -0.277. The minimum atomic E-state index is -1.54. The minimum Gasteiger partial charge on any atom is -0.504 e. The van der Waals surface area contributed by atoms with Crippen LogP contribution in [0.25, 0.3) is 10.8 Å². The van der Waals surface area contributed by atoms with Crippen LogP contribution in [0.3, 0.4) is 0 Å². The van der Waals surface area contributed by atoms with E-state index in [1.165, 1.54) is 0 Å². The topological polar surface area (TPSA) is 129 Å². The molecular weight excluding hydrogens is 380 g/mol. The summed E-state index contributed by atoms with van der Waals surface area (Å²) in [5.74, 6) is 0.706. The van der Waals surface area contributed by atoms with Crippen LogP contribution in [0.1, 0.15) is 25.8 Å². The Hall–Kier alpha value is -2.10. The summed E-state index contributed by atoms with van der Waals surface area (Å²) < 4.78 is 17.6. The van der Waals surface area contributed by atoms with E-state index in [9.17, 15) is 25.5 Å². The molecule has 8 heteroatoms. The van der Waals surface area contributed by atoms with Crippen molar-refractivity contribution >= 4 is 10.8 Å². The first kappa shape index (κ1) is 20.2. The molecule has 2 aliphatic heterocycles. The number of ether oxygens (including phenoxy) is 3. The quantitative estimate of drug-likeness (QED) is 0.507. The number of rotatable bonds is 3. The highest BCUT2D eigenvalue weighted by atomic mass is 16.7. The molecular formula is C21H26O8. The van der Waals surface area contributed by atoms with Crippen molar-refractivity contribution in [2.24, 2.45) is 0 Å². The highest BCUT2D eigenvalue weighted by Gasteiger charge is 2.45. The van der Waals surface area contributed by atoms with Gasteiger partial charge in [0.15, 0.2) is 11.5 Å². The van der Waals surface area contributed by atoms with Gasteiger partial charge in [-0.1, -0.05) is 24.3 Å². The molecule has 5 unspecified atom stereocenters. The Balaban J connectivity index is 1.80. The molecule has 1 fully saturated rings. The first-order valence-corrected chi connectivity index (χ1v) is 9.66. The van der Waals surface area contributed by atoms with Gasteiger partial charge in [-0.2, -0.15) is 0 Å². The number of aliphatic hydroxyl groups excluding tert-OH is 4. The van der Waals surface area contributed by atoms with Crippen LogP contribution in [-0.2, 0) is 11.2 Å². The second-order valence-electron chi connectivity index (χ2n) is 8.21. The van der Waals surface area contributed by atoms with Crippen LogP contribution in [0.4, 0.5) is 0 Å². The molecule has 5 N–H and O–H groups in total. The molecule has 2 aliphatic rings. The average Bonchev–Trinajstić information content (AvgIpc) is 2.70. The molecule has 29 heavy (non-hydrogen) atoms. The van der Waals surface area contributed by atoms with Crippen molar-refractivity contribution in [3.8, 4) is 17.2 Å². The minimum absolute atomic E-state index is 0.0181. The number of phenolic OH excluding ortho intramolecular Hbond substituents is 1. The van der Waals surface area contributed by atoms with E-state index in [-0.39, 0.29) is 5.75 Å². The number of aliphatic hydroxyl groups is 4. The summed E-state index contributed by atoms with van der Waals surface area (Å²) in [5, 5.41) is 51.8. The highest BCUT2D eigenvalue weighted by Crippen LogP contribution is 2.50. The Morgan fingerprint density at radius 1 is 1.07 bits per heavy atom. The van der Waals surface area contributed by atoms with Gasteiger partial charge in [-0.15, -0.1) is 0 Å². The van der Waals surface area contributed by atoms with Crippen LogP contribution in [0.15, 0.2) is 24.3 Å². The Morgan fingerprint density at radius 2 is 1.76 bits per heavy atom. The summed E-state index contributed by atoms with van der Waals surface area (Å²) in [6, 6.07) is 7.08. The molecule has 0 bridgehead atoms. The molecule has 0 saturated carbocycles. The van der Waals surface area contributed by atoms with E-state index >= 15 is 0 Å². The number of phenols is 1. The number of aromatic hydroxyl groups is 1. The molecule has 0 aromatic heterocycles. The predicted molar refractivity (Wildman–Crippen MR) is 103 cm³/mol. The van der Waals surface area contributed by atoms with Crippen LogP contribution >= 0.6 is 0 Å². The predicted octanol–water partition coefficient (Wildman–Crippen LogP) is 0.828. The van der Waals surface area contributed by atoms with Gasteiger partial charge in [0.05, 0.1) is 6.61 Å². The van der Waals surface area contributed by atoms with Gasteiger partial charge >= 0.3 is 0 Å². The van der Waals surface area contributed by atoms with Gasteiger partial charge in [-0.3, -0.25) is 0 Å². The Labute approximate surface area is 167 Å². The van der Waals surface area contributed by atoms with Crippen LogP contribution < -0.4 is 9.47 Å². The van der Waals surface area contributed by atoms with E-state index in [2.05, 4.69) is 0 Å². The fourth-order valence-electron chi connectivity index (χ4n) is 3.92. The largest absolute Gasteiger partial charge is 0.504 e. The zero-order valence-corrected chi connectivity index (χ0v) is 16.3. The molecule has 0 radical (unpaired) electrons. The maximum absolute atomic E-state index is 10.8. The van der Waals surface area contributed by atoms with Gasteiger partial charge in [0, 0.05) is 16.3 Å². The average molecular weight is 406 g/mol. The van der Waals surface area contributed by atoms with E-state index < -0.39 is 42.9 Å². The van der Waals surface area contributed by atoms with Gasteiger partial charge < -0.3 is 39.7 Å². The van der Waals surface area contributed by atoms with E-state index in [0.717, 1.165) is 0 Å². The monoisotopic (exact) mass is 406 g/mol. The molecule has 2 aromatic carbocycles. The molecule has 8 nitrogen and oxygen atoms in total. The fourth-order valence-corrected chi connectivity index (χ4v) is 3.92. The van der Waals surface area contributed by atoms with E-state index in [4.69, 9.17) is 14.2 Å². The van der Waals surface area contributed by atoms with E-state index in [0.29, 0.717) is 40.7 Å². The third kappa shape index (κ3) is 3.41. The molecule has 2 heterocycles. The first-order valence-electron chi connectivity index (χ1n) is 9.66. The molecule has 0 aliphatic carbocycles. The molecule has 4 rings (SSSR count). The van der Waals surface area contributed by atoms with Gasteiger partial charge in [-0.05, 0) is 26.7 Å². The number of benzene rings is 2. The Bertz CT molecular complexity index is 909. The normalized spacial score (nSPS) is 31.2. The van der Waals surface area contributed by atoms with Gasteiger partial charge in [0.25, 0.3) is 0 Å². The summed E-state index contributed by atoms with van der Waals surface area (Å²) in [6.07, 6.45) is -5.69. The maximum atomic E-state index is 10.8. The van der Waals surface area contributed by atoms with Crippen LogP contribution in [0, 0.1) is 0 Å². The Kier molecular flexibility index (Phi) is 5.08. The van der Waals surface area contributed by atoms with E-state index in [1.54, 1.807) is 24.3 Å². The van der Waals surface area contributed by atoms with Gasteiger partial charge in [0.2, 0.25) is 6.29 Å². The van der Waals surface area contributed by atoms with Gasteiger partial charge in [-0.25, -0.2) is 0 Å². The summed E-state index contributed by atoms with van der Waals surface area (Å²) in [5.41, 5.74) is 0.172. The lowest BCUT2D eigenvalue weighted by atomic mass is 9.91. The van der Waals surface area contributed by atoms with Crippen LogP contribution in [0.5, 0.6) is 17.2 Å². The number of hydrogen-bond donors (Lipinski definition) is 5. The SMILES string of the molecule is CC1(C)CCc2c(c(O)c3ccccc3c2OC2OC(CO)C(O)C(O)C2O)O1. The molecule has 0 spiro atoms.